The molecule has 0 radical (unpaired) electrons. The molecule has 102 valence electrons. The molecule has 0 aliphatic carbocycles. The maximum Gasteiger partial charge on any atom is 0.338 e. The van der Waals surface area contributed by atoms with Crippen LogP contribution < -0.4 is 17.2 Å². The molecule has 20 heavy (non-hydrogen) atoms. The lowest BCUT2D eigenvalue weighted by Crippen LogP contribution is -2.26. The summed E-state index contributed by atoms with van der Waals surface area (Å²) < 4.78 is 0. The van der Waals surface area contributed by atoms with Crippen molar-refractivity contribution in [3.63, 3.8) is 0 Å². The largest absolute Gasteiger partial charge is 0.478 e. The highest BCUT2D eigenvalue weighted by Gasteiger charge is 2.14. The summed E-state index contributed by atoms with van der Waals surface area (Å²) >= 11 is 0. The van der Waals surface area contributed by atoms with Crippen LogP contribution in [0.3, 0.4) is 0 Å². The summed E-state index contributed by atoms with van der Waals surface area (Å²) in [6.45, 7) is 0. The van der Waals surface area contributed by atoms with Crippen LogP contribution >= 0.6 is 0 Å². The van der Waals surface area contributed by atoms with Gasteiger partial charge in [-0.25, -0.2) is 9.79 Å². The number of carboxylic acids is 1. The summed E-state index contributed by atoms with van der Waals surface area (Å²) in [6, 6.07) is 10.4. The number of aliphatic imine (C=N–C) groups is 2. The van der Waals surface area contributed by atoms with E-state index >= 15 is 0 Å². The summed E-state index contributed by atoms with van der Waals surface area (Å²) in [7, 11) is 0. The van der Waals surface area contributed by atoms with E-state index in [0.717, 1.165) is 5.39 Å². The standard InChI is InChI=1S/C13H13N5O2/c14-12(15)18-13(16)17-9-6-5-7-3-1-2-4-8(7)10(9)11(19)20/h1-6H,(H,19,20)(H6,14,15,16,17,18). The highest BCUT2D eigenvalue weighted by molar-refractivity contribution is 6.09. The predicted octanol–water partition coefficient (Wildman–Crippen LogP) is 0.758. The zero-order valence-electron chi connectivity index (χ0n) is 10.4. The molecule has 0 bridgehead atoms. The first kappa shape index (κ1) is 13.3. The molecule has 0 aliphatic heterocycles. The number of aromatic carboxylic acids is 1. The maximum atomic E-state index is 11.4. The zero-order valence-corrected chi connectivity index (χ0v) is 10.4. The van der Waals surface area contributed by atoms with Crippen LogP contribution in [-0.4, -0.2) is 23.0 Å². The normalized spacial score (nSPS) is 11.3. The van der Waals surface area contributed by atoms with Crippen molar-refractivity contribution in [3.8, 4) is 0 Å². The van der Waals surface area contributed by atoms with Crippen LogP contribution in [0, 0.1) is 0 Å². The van der Waals surface area contributed by atoms with Crippen LogP contribution in [0.1, 0.15) is 10.4 Å². The summed E-state index contributed by atoms with van der Waals surface area (Å²) in [5.74, 6) is -1.55. The quantitative estimate of drug-likeness (QED) is 0.471. The molecule has 0 aromatic heterocycles. The van der Waals surface area contributed by atoms with Crippen molar-refractivity contribution >= 4 is 34.3 Å². The van der Waals surface area contributed by atoms with Crippen molar-refractivity contribution in [2.75, 3.05) is 0 Å². The van der Waals surface area contributed by atoms with Crippen LogP contribution in [0.4, 0.5) is 5.69 Å². The Morgan fingerprint density at radius 3 is 2.40 bits per heavy atom. The summed E-state index contributed by atoms with van der Waals surface area (Å²) in [5.41, 5.74) is 16.1. The molecule has 0 atom stereocenters. The average molecular weight is 271 g/mol. The Balaban J connectivity index is 2.68. The third-order valence-corrected chi connectivity index (χ3v) is 2.60. The molecule has 2 aromatic rings. The van der Waals surface area contributed by atoms with Crippen LogP contribution in [0.15, 0.2) is 46.4 Å². The van der Waals surface area contributed by atoms with Gasteiger partial charge in [-0.3, -0.25) is 0 Å². The molecular weight excluding hydrogens is 258 g/mol. The van der Waals surface area contributed by atoms with Crippen molar-refractivity contribution in [1.82, 2.24) is 0 Å². The van der Waals surface area contributed by atoms with E-state index in [9.17, 15) is 9.90 Å². The van der Waals surface area contributed by atoms with Crippen molar-refractivity contribution in [2.45, 2.75) is 0 Å². The van der Waals surface area contributed by atoms with Gasteiger partial charge in [0, 0.05) is 0 Å². The number of rotatable bonds is 2. The Kier molecular flexibility index (Phi) is 3.52. The fourth-order valence-corrected chi connectivity index (χ4v) is 1.86. The first-order valence-corrected chi connectivity index (χ1v) is 5.68. The van der Waals surface area contributed by atoms with Gasteiger partial charge in [0.2, 0.25) is 5.96 Å². The second kappa shape index (κ2) is 5.27. The molecule has 2 aromatic carbocycles. The van der Waals surface area contributed by atoms with Gasteiger partial charge in [0.05, 0.1) is 11.3 Å². The molecule has 0 aliphatic rings. The smallest absolute Gasteiger partial charge is 0.338 e. The van der Waals surface area contributed by atoms with Crippen molar-refractivity contribution in [2.24, 2.45) is 27.2 Å². The van der Waals surface area contributed by atoms with E-state index in [1.165, 1.54) is 0 Å². The number of hydrogen-bond acceptors (Lipinski definition) is 2. The van der Waals surface area contributed by atoms with E-state index in [0.29, 0.717) is 5.39 Å². The van der Waals surface area contributed by atoms with Gasteiger partial charge in [-0.2, -0.15) is 4.99 Å². The molecule has 2 rings (SSSR count). The maximum absolute atomic E-state index is 11.4. The number of benzene rings is 2. The van der Waals surface area contributed by atoms with Crippen LogP contribution in [0.2, 0.25) is 0 Å². The van der Waals surface area contributed by atoms with E-state index in [-0.39, 0.29) is 23.2 Å². The third-order valence-electron chi connectivity index (χ3n) is 2.60. The number of nitrogens with zero attached hydrogens (tertiary/aromatic N) is 2. The molecule has 0 spiro atoms. The molecule has 0 fully saturated rings. The van der Waals surface area contributed by atoms with E-state index in [1.54, 1.807) is 24.3 Å². The molecule has 7 nitrogen and oxygen atoms in total. The number of guanidine groups is 2. The van der Waals surface area contributed by atoms with Crippen LogP contribution in [0.25, 0.3) is 10.8 Å². The van der Waals surface area contributed by atoms with Crippen molar-refractivity contribution in [1.29, 1.82) is 0 Å². The highest BCUT2D eigenvalue weighted by atomic mass is 16.4. The van der Waals surface area contributed by atoms with Crippen molar-refractivity contribution in [3.05, 3.63) is 42.0 Å². The van der Waals surface area contributed by atoms with Gasteiger partial charge in [-0.15, -0.1) is 0 Å². The lowest BCUT2D eigenvalue weighted by atomic mass is 10.0. The Hall–Kier alpha value is -3.09. The van der Waals surface area contributed by atoms with Crippen LogP contribution in [-0.2, 0) is 0 Å². The number of carboxylic acid groups (broad SMARTS) is 1. The lowest BCUT2D eigenvalue weighted by molar-refractivity contribution is 0.0700. The number of nitrogens with two attached hydrogens (primary N) is 3. The monoisotopic (exact) mass is 271 g/mol. The van der Waals surface area contributed by atoms with Gasteiger partial charge in [0.1, 0.15) is 0 Å². The molecule has 0 unspecified atom stereocenters. The van der Waals surface area contributed by atoms with Gasteiger partial charge in [-0.1, -0.05) is 30.3 Å². The fourth-order valence-electron chi connectivity index (χ4n) is 1.86. The zero-order chi connectivity index (χ0) is 14.7. The molecule has 0 amide bonds. The first-order valence-electron chi connectivity index (χ1n) is 5.68. The van der Waals surface area contributed by atoms with E-state index in [4.69, 9.17) is 17.2 Å². The van der Waals surface area contributed by atoms with Crippen molar-refractivity contribution < 1.29 is 9.90 Å². The summed E-state index contributed by atoms with van der Waals surface area (Å²) in [4.78, 5) is 18.9. The SMILES string of the molecule is NC(N)=NC(N)=Nc1ccc2ccccc2c1C(=O)O. The summed E-state index contributed by atoms with van der Waals surface area (Å²) in [5, 5.41) is 10.7. The molecule has 0 saturated carbocycles. The Morgan fingerprint density at radius 1 is 1.05 bits per heavy atom. The number of hydrogen-bond donors (Lipinski definition) is 4. The van der Waals surface area contributed by atoms with E-state index in [2.05, 4.69) is 9.98 Å². The minimum atomic E-state index is -1.10. The van der Waals surface area contributed by atoms with Gasteiger partial charge in [-0.05, 0) is 16.8 Å². The molecule has 0 saturated heterocycles. The number of fused-ring (bicyclic) bond motifs is 1. The molecule has 7 heteroatoms. The first-order chi connectivity index (χ1) is 9.49. The van der Waals surface area contributed by atoms with E-state index in [1.807, 2.05) is 12.1 Å². The molecular formula is C13H13N5O2. The van der Waals surface area contributed by atoms with Gasteiger partial charge < -0.3 is 22.3 Å². The second-order valence-corrected chi connectivity index (χ2v) is 3.99. The predicted molar refractivity (Wildman–Crippen MR) is 78.0 cm³/mol. The minimum Gasteiger partial charge on any atom is -0.478 e. The fraction of sp³-hybridized carbons (Fsp3) is 0. The highest BCUT2D eigenvalue weighted by Crippen LogP contribution is 2.28. The molecule has 0 heterocycles. The topological polar surface area (TPSA) is 140 Å². The van der Waals surface area contributed by atoms with Gasteiger partial charge >= 0.3 is 5.97 Å². The Morgan fingerprint density at radius 2 is 1.75 bits per heavy atom. The Bertz CT molecular complexity index is 733. The molecule has 7 N–H and O–H groups in total. The van der Waals surface area contributed by atoms with Crippen LogP contribution in [0.5, 0.6) is 0 Å². The average Bonchev–Trinajstić information content (AvgIpc) is 2.36. The lowest BCUT2D eigenvalue weighted by Gasteiger charge is -2.06. The van der Waals surface area contributed by atoms with Gasteiger partial charge in [0.25, 0.3) is 0 Å². The van der Waals surface area contributed by atoms with Gasteiger partial charge in [0.15, 0.2) is 5.96 Å². The third kappa shape index (κ3) is 2.66. The Labute approximate surface area is 114 Å². The second-order valence-electron chi connectivity index (χ2n) is 3.99. The van der Waals surface area contributed by atoms with E-state index < -0.39 is 5.97 Å². The number of carbonyl (C=O) groups is 1. The minimum absolute atomic E-state index is 0.0526. The summed E-state index contributed by atoms with van der Waals surface area (Å²) in [6.07, 6.45) is 0.